The van der Waals surface area contributed by atoms with Crippen LogP contribution in [0.15, 0.2) is 30.3 Å². The van der Waals surface area contributed by atoms with Gasteiger partial charge in [-0.05, 0) is 25.1 Å². The topological polar surface area (TPSA) is 64.4 Å². The largest absolute Gasteiger partial charge is 0.490 e. The number of methoxy groups -OCH3 is 1. The van der Waals surface area contributed by atoms with Gasteiger partial charge in [0.2, 0.25) is 0 Å². The van der Waals surface area contributed by atoms with E-state index < -0.39 is 4.92 Å². The molecule has 0 spiro atoms. The summed E-state index contributed by atoms with van der Waals surface area (Å²) >= 11 is 7.40. The number of nitrogens with one attached hydrogen (secondary N) is 1. The number of thiophene rings is 1. The van der Waals surface area contributed by atoms with Gasteiger partial charge in [-0.15, -0.1) is 11.3 Å². The lowest BCUT2D eigenvalue weighted by atomic mass is 10.2. The molecule has 0 saturated heterocycles. The summed E-state index contributed by atoms with van der Waals surface area (Å²) < 4.78 is 5.77. The second-order valence-electron chi connectivity index (χ2n) is 4.15. The van der Waals surface area contributed by atoms with Crippen molar-refractivity contribution in [3.8, 4) is 5.75 Å². The molecule has 7 heteroatoms. The van der Waals surface area contributed by atoms with Crippen LogP contribution in [0.3, 0.4) is 0 Å². The molecular formula is C13H13ClN2O3S. The van der Waals surface area contributed by atoms with Gasteiger partial charge >= 0.3 is 5.69 Å². The van der Waals surface area contributed by atoms with Gasteiger partial charge < -0.3 is 10.1 Å². The summed E-state index contributed by atoms with van der Waals surface area (Å²) in [4.78, 5) is 11.5. The van der Waals surface area contributed by atoms with Gasteiger partial charge in [0.15, 0.2) is 5.75 Å². The summed E-state index contributed by atoms with van der Waals surface area (Å²) in [6, 6.07) is 8.55. The molecule has 1 N–H and O–H groups in total. The van der Waals surface area contributed by atoms with E-state index in [0.717, 1.165) is 14.9 Å². The van der Waals surface area contributed by atoms with Crippen LogP contribution >= 0.6 is 22.9 Å². The van der Waals surface area contributed by atoms with Gasteiger partial charge in [0.1, 0.15) is 0 Å². The number of hydrogen-bond acceptors (Lipinski definition) is 5. The first-order valence-corrected chi connectivity index (χ1v) is 7.05. The van der Waals surface area contributed by atoms with Crippen molar-refractivity contribution < 1.29 is 9.66 Å². The lowest BCUT2D eigenvalue weighted by Gasteiger charge is -2.14. The molecule has 20 heavy (non-hydrogen) atoms. The molecule has 1 aromatic heterocycles. The Morgan fingerprint density at radius 2 is 2.15 bits per heavy atom. The zero-order chi connectivity index (χ0) is 14.7. The summed E-state index contributed by atoms with van der Waals surface area (Å²) in [7, 11) is 1.41. The van der Waals surface area contributed by atoms with Crippen LogP contribution in [0.2, 0.25) is 4.34 Å². The van der Waals surface area contributed by atoms with Crippen molar-refractivity contribution >= 4 is 34.3 Å². The highest BCUT2D eigenvalue weighted by atomic mass is 35.5. The molecule has 0 radical (unpaired) electrons. The van der Waals surface area contributed by atoms with Crippen LogP contribution in [-0.2, 0) is 0 Å². The van der Waals surface area contributed by atoms with E-state index in [4.69, 9.17) is 16.3 Å². The number of ether oxygens (including phenoxy) is 1. The number of nitro benzene ring substituents is 1. The van der Waals surface area contributed by atoms with E-state index in [1.165, 1.54) is 24.5 Å². The first kappa shape index (κ1) is 14.6. The minimum absolute atomic E-state index is 0.0510. The predicted molar refractivity (Wildman–Crippen MR) is 81.0 cm³/mol. The van der Waals surface area contributed by atoms with Crippen molar-refractivity contribution in [3.63, 3.8) is 0 Å². The maximum absolute atomic E-state index is 10.8. The Balaban J connectivity index is 2.19. The number of halogens is 1. The zero-order valence-electron chi connectivity index (χ0n) is 10.9. The maximum atomic E-state index is 10.8. The van der Waals surface area contributed by atoms with E-state index in [9.17, 15) is 10.1 Å². The highest BCUT2D eigenvalue weighted by Crippen LogP contribution is 2.33. The molecule has 0 amide bonds. The third-order valence-corrected chi connectivity index (χ3v) is 4.19. The molecule has 2 aromatic rings. The van der Waals surface area contributed by atoms with E-state index >= 15 is 0 Å². The Morgan fingerprint density at radius 3 is 2.70 bits per heavy atom. The smallest absolute Gasteiger partial charge is 0.311 e. The minimum atomic E-state index is -0.467. The van der Waals surface area contributed by atoms with E-state index in [-0.39, 0.29) is 17.5 Å². The second kappa shape index (κ2) is 6.11. The SMILES string of the molecule is COc1cc(NC(C)c2ccc(Cl)s2)ccc1[N+](=O)[O-]. The van der Waals surface area contributed by atoms with Crippen LogP contribution in [0.25, 0.3) is 0 Å². The van der Waals surface area contributed by atoms with Crippen molar-refractivity contribution in [3.05, 3.63) is 49.7 Å². The van der Waals surface area contributed by atoms with Crippen molar-refractivity contribution in [1.29, 1.82) is 0 Å². The molecule has 0 bridgehead atoms. The fraction of sp³-hybridized carbons (Fsp3) is 0.231. The molecule has 0 aliphatic rings. The minimum Gasteiger partial charge on any atom is -0.490 e. The second-order valence-corrected chi connectivity index (χ2v) is 5.90. The van der Waals surface area contributed by atoms with Crippen molar-refractivity contribution in [2.75, 3.05) is 12.4 Å². The van der Waals surface area contributed by atoms with E-state index in [1.807, 2.05) is 19.1 Å². The van der Waals surface area contributed by atoms with Gasteiger partial charge in [-0.25, -0.2) is 0 Å². The van der Waals surface area contributed by atoms with Crippen LogP contribution in [0, 0.1) is 10.1 Å². The average molecular weight is 313 g/mol. The Bertz CT molecular complexity index is 630. The van der Waals surface area contributed by atoms with Crippen molar-refractivity contribution in [2.24, 2.45) is 0 Å². The molecule has 1 atom stereocenters. The lowest BCUT2D eigenvalue weighted by molar-refractivity contribution is -0.385. The molecule has 0 aliphatic heterocycles. The summed E-state index contributed by atoms with van der Waals surface area (Å²) in [6.45, 7) is 2.00. The van der Waals surface area contributed by atoms with Crippen molar-refractivity contribution in [2.45, 2.75) is 13.0 Å². The third-order valence-electron chi connectivity index (χ3n) is 2.78. The predicted octanol–water partition coefficient (Wildman–Crippen LogP) is 4.49. The van der Waals surface area contributed by atoms with Gasteiger partial charge in [0.05, 0.1) is 22.4 Å². The van der Waals surface area contributed by atoms with Crippen LogP contribution in [0.5, 0.6) is 5.75 Å². The van der Waals surface area contributed by atoms with E-state index in [2.05, 4.69) is 5.32 Å². The fourth-order valence-electron chi connectivity index (χ4n) is 1.80. The third kappa shape index (κ3) is 3.20. The summed E-state index contributed by atoms with van der Waals surface area (Å²) in [5, 5.41) is 14.1. The summed E-state index contributed by atoms with van der Waals surface area (Å²) in [6.07, 6.45) is 0. The molecule has 5 nitrogen and oxygen atoms in total. The van der Waals surface area contributed by atoms with Gasteiger partial charge in [-0.2, -0.15) is 0 Å². The Hall–Kier alpha value is -1.79. The number of rotatable bonds is 5. The molecule has 106 valence electrons. The highest BCUT2D eigenvalue weighted by Gasteiger charge is 2.16. The maximum Gasteiger partial charge on any atom is 0.311 e. The monoisotopic (exact) mass is 312 g/mol. The van der Waals surface area contributed by atoms with Crippen LogP contribution in [0.1, 0.15) is 17.8 Å². The molecule has 0 saturated carbocycles. The first-order chi connectivity index (χ1) is 9.51. The molecule has 1 heterocycles. The Morgan fingerprint density at radius 1 is 1.40 bits per heavy atom. The number of benzene rings is 1. The van der Waals surface area contributed by atoms with Crippen LogP contribution in [0.4, 0.5) is 11.4 Å². The van der Waals surface area contributed by atoms with Crippen molar-refractivity contribution in [1.82, 2.24) is 0 Å². The number of hydrogen-bond donors (Lipinski definition) is 1. The normalized spacial score (nSPS) is 11.9. The Labute approximate surface area is 125 Å². The van der Waals surface area contributed by atoms with Gasteiger partial charge in [-0.3, -0.25) is 10.1 Å². The molecular weight excluding hydrogens is 300 g/mol. The number of nitro groups is 1. The molecule has 1 aromatic carbocycles. The summed E-state index contributed by atoms with van der Waals surface area (Å²) in [5.74, 6) is 0.233. The Kier molecular flexibility index (Phi) is 4.46. The summed E-state index contributed by atoms with van der Waals surface area (Å²) in [5.41, 5.74) is 0.703. The first-order valence-electron chi connectivity index (χ1n) is 5.85. The zero-order valence-corrected chi connectivity index (χ0v) is 12.5. The lowest BCUT2D eigenvalue weighted by Crippen LogP contribution is -2.05. The van der Waals surface area contributed by atoms with Gasteiger partial charge in [0.25, 0.3) is 0 Å². The van der Waals surface area contributed by atoms with Crippen LogP contribution < -0.4 is 10.1 Å². The molecule has 2 rings (SSSR count). The molecule has 1 unspecified atom stereocenters. The molecule has 0 fully saturated rings. The average Bonchev–Trinajstić information content (AvgIpc) is 2.85. The number of anilines is 1. The van der Waals surface area contributed by atoms with Gasteiger partial charge in [0, 0.05) is 22.7 Å². The van der Waals surface area contributed by atoms with E-state index in [1.54, 1.807) is 12.1 Å². The standard InChI is InChI=1S/C13H13ClN2O3S/c1-8(12-5-6-13(14)20-12)15-9-3-4-10(16(17)18)11(7-9)19-2/h3-8,15H,1-2H3. The van der Waals surface area contributed by atoms with Gasteiger partial charge in [-0.1, -0.05) is 11.6 Å². The fourth-order valence-corrected chi connectivity index (χ4v) is 2.86. The van der Waals surface area contributed by atoms with E-state index in [0.29, 0.717) is 0 Å². The quantitative estimate of drug-likeness (QED) is 0.652. The number of nitrogens with zero attached hydrogens (tertiary/aromatic N) is 1. The highest BCUT2D eigenvalue weighted by molar-refractivity contribution is 7.16. The molecule has 0 aliphatic carbocycles. The van der Waals surface area contributed by atoms with Crippen LogP contribution in [-0.4, -0.2) is 12.0 Å².